The van der Waals surface area contributed by atoms with Gasteiger partial charge in [-0.25, -0.2) is 0 Å². The zero-order valence-corrected chi connectivity index (χ0v) is 20.5. The molecular weight excluding hydrogens is 510 g/mol. The molecule has 0 N–H and O–H groups in total. The maximum absolute atomic E-state index is 12.9. The number of carbonyl (C=O) groups is 2. The van der Waals surface area contributed by atoms with Gasteiger partial charge in [-0.2, -0.15) is 0 Å². The molecule has 1 aliphatic heterocycles. The second-order valence-electron chi connectivity index (χ2n) is 7.89. The molecule has 4 nitrogen and oxygen atoms in total. The molecule has 34 heavy (non-hydrogen) atoms. The van der Waals surface area contributed by atoms with Gasteiger partial charge in [0, 0.05) is 4.47 Å². The van der Waals surface area contributed by atoms with Crippen LogP contribution >= 0.6 is 27.7 Å². The molecule has 1 saturated heterocycles. The minimum Gasteiger partial charge on any atom is -0.489 e. The number of carbonyl (C=O) groups excluding carboxylic acids is 2. The number of fused-ring (bicyclic) bond motifs is 1. The van der Waals surface area contributed by atoms with Crippen LogP contribution < -0.4 is 4.74 Å². The van der Waals surface area contributed by atoms with Crippen LogP contribution in [0.25, 0.3) is 16.8 Å². The van der Waals surface area contributed by atoms with Gasteiger partial charge in [0.1, 0.15) is 12.4 Å². The SMILES string of the molecule is O=C1S/C(=C/c2cccc(OCc3cccc4ccccc34)c2)C(=O)N1Cc1ccc(Br)cc1. The van der Waals surface area contributed by atoms with Gasteiger partial charge in [-0.15, -0.1) is 0 Å². The first kappa shape index (κ1) is 22.4. The first-order valence-corrected chi connectivity index (χ1v) is 12.4. The number of thioether (sulfide) groups is 1. The second kappa shape index (κ2) is 9.87. The van der Waals surface area contributed by atoms with E-state index in [9.17, 15) is 9.59 Å². The molecule has 0 atom stereocenters. The smallest absolute Gasteiger partial charge is 0.293 e. The van der Waals surface area contributed by atoms with Gasteiger partial charge in [0.05, 0.1) is 11.4 Å². The third-order valence-corrected chi connectivity index (χ3v) is 6.99. The fraction of sp³-hybridized carbons (Fsp3) is 0.0714. The van der Waals surface area contributed by atoms with Crippen molar-refractivity contribution in [3.8, 4) is 5.75 Å². The highest BCUT2D eigenvalue weighted by atomic mass is 79.9. The Morgan fingerprint density at radius 3 is 2.50 bits per heavy atom. The highest BCUT2D eigenvalue weighted by molar-refractivity contribution is 9.10. The van der Waals surface area contributed by atoms with E-state index in [-0.39, 0.29) is 17.7 Å². The van der Waals surface area contributed by atoms with Crippen LogP contribution in [0.5, 0.6) is 5.75 Å². The summed E-state index contributed by atoms with van der Waals surface area (Å²) in [5.74, 6) is 0.427. The summed E-state index contributed by atoms with van der Waals surface area (Å²) in [6.45, 7) is 0.692. The average molecular weight is 530 g/mol. The Bertz CT molecular complexity index is 1410. The Morgan fingerprint density at radius 1 is 0.882 bits per heavy atom. The maximum Gasteiger partial charge on any atom is 0.293 e. The van der Waals surface area contributed by atoms with Crippen LogP contribution in [0.3, 0.4) is 0 Å². The van der Waals surface area contributed by atoms with Crippen LogP contribution in [0.15, 0.2) is 100 Å². The van der Waals surface area contributed by atoms with E-state index in [2.05, 4.69) is 40.2 Å². The zero-order valence-electron chi connectivity index (χ0n) is 18.1. The summed E-state index contributed by atoms with van der Waals surface area (Å²) < 4.78 is 7.01. The Balaban J connectivity index is 1.30. The predicted molar refractivity (Wildman–Crippen MR) is 140 cm³/mol. The lowest BCUT2D eigenvalue weighted by molar-refractivity contribution is -0.123. The largest absolute Gasteiger partial charge is 0.489 e. The van der Waals surface area contributed by atoms with Crippen molar-refractivity contribution in [1.82, 2.24) is 4.90 Å². The molecule has 0 saturated carbocycles. The molecule has 6 heteroatoms. The molecule has 0 aliphatic carbocycles. The minimum absolute atomic E-state index is 0.253. The summed E-state index contributed by atoms with van der Waals surface area (Å²) in [6, 6.07) is 29.5. The number of nitrogens with zero attached hydrogens (tertiary/aromatic N) is 1. The van der Waals surface area contributed by atoms with Crippen LogP contribution in [0.1, 0.15) is 16.7 Å². The summed E-state index contributed by atoms with van der Waals surface area (Å²) in [6.07, 6.45) is 1.75. The van der Waals surface area contributed by atoms with Crippen molar-refractivity contribution < 1.29 is 14.3 Å². The van der Waals surface area contributed by atoms with Crippen LogP contribution in [-0.4, -0.2) is 16.0 Å². The molecule has 1 aliphatic rings. The van der Waals surface area contributed by atoms with E-state index in [1.165, 1.54) is 15.7 Å². The van der Waals surface area contributed by atoms with Gasteiger partial charge in [0.15, 0.2) is 0 Å². The number of amides is 2. The van der Waals surface area contributed by atoms with Gasteiger partial charge in [0.25, 0.3) is 11.1 Å². The Kier molecular flexibility index (Phi) is 6.52. The van der Waals surface area contributed by atoms with Gasteiger partial charge in [-0.05, 0) is 69.6 Å². The summed E-state index contributed by atoms with van der Waals surface area (Å²) in [4.78, 5) is 27.1. The van der Waals surface area contributed by atoms with Crippen LogP contribution in [-0.2, 0) is 17.9 Å². The minimum atomic E-state index is -0.278. The van der Waals surface area contributed by atoms with Crippen molar-refractivity contribution in [2.45, 2.75) is 13.2 Å². The van der Waals surface area contributed by atoms with E-state index in [0.29, 0.717) is 17.3 Å². The Hall–Kier alpha value is -3.35. The number of imide groups is 1. The number of benzene rings is 4. The molecule has 0 aromatic heterocycles. The van der Waals surface area contributed by atoms with Crippen LogP contribution in [0.2, 0.25) is 0 Å². The maximum atomic E-state index is 12.9. The standard InChI is InChI=1S/C28H20BrNO3S/c29-23-13-11-19(12-14-23)17-30-27(31)26(34-28(30)32)16-20-5-3-9-24(15-20)33-18-22-8-4-7-21-6-1-2-10-25(21)22/h1-16H,17-18H2/b26-16+. The predicted octanol–water partition coefficient (Wildman–Crippen LogP) is 7.42. The molecule has 168 valence electrons. The normalized spacial score (nSPS) is 14.9. The number of hydrogen-bond acceptors (Lipinski definition) is 4. The molecule has 0 spiro atoms. The van der Waals surface area contributed by atoms with Crippen LogP contribution in [0, 0.1) is 0 Å². The highest BCUT2D eigenvalue weighted by Gasteiger charge is 2.34. The first-order chi connectivity index (χ1) is 16.6. The topological polar surface area (TPSA) is 46.6 Å². The molecule has 4 aromatic rings. The van der Waals surface area contributed by atoms with E-state index >= 15 is 0 Å². The van der Waals surface area contributed by atoms with E-state index in [1.807, 2.05) is 66.7 Å². The van der Waals surface area contributed by atoms with Crippen LogP contribution in [0.4, 0.5) is 4.79 Å². The first-order valence-electron chi connectivity index (χ1n) is 10.8. The Labute approximate surface area is 210 Å². The lowest BCUT2D eigenvalue weighted by Gasteiger charge is -2.12. The van der Waals surface area contributed by atoms with E-state index in [0.717, 1.165) is 32.9 Å². The summed E-state index contributed by atoms with van der Waals surface area (Å²) in [5, 5.41) is 2.08. The van der Waals surface area contributed by atoms with Crippen molar-refractivity contribution in [1.29, 1.82) is 0 Å². The van der Waals surface area contributed by atoms with Crippen molar-refractivity contribution in [3.63, 3.8) is 0 Å². The molecule has 5 rings (SSSR count). The summed E-state index contributed by atoms with van der Waals surface area (Å²) in [7, 11) is 0. The van der Waals surface area contributed by atoms with Gasteiger partial charge in [-0.3, -0.25) is 14.5 Å². The number of ether oxygens (including phenoxy) is 1. The van der Waals surface area contributed by atoms with Crippen molar-refractivity contribution in [2.75, 3.05) is 0 Å². The third kappa shape index (κ3) is 4.93. The van der Waals surface area contributed by atoms with Crippen molar-refractivity contribution in [3.05, 3.63) is 117 Å². The Morgan fingerprint density at radius 2 is 1.65 bits per heavy atom. The molecular formula is C28H20BrNO3S. The fourth-order valence-corrected chi connectivity index (χ4v) is 4.94. The van der Waals surface area contributed by atoms with Gasteiger partial charge in [-0.1, -0.05) is 82.7 Å². The van der Waals surface area contributed by atoms with E-state index in [1.54, 1.807) is 6.08 Å². The summed E-state index contributed by atoms with van der Waals surface area (Å²) >= 11 is 4.36. The highest BCUT2D eigenvalue weighted by Crippen LogP contribution is 2.34. The van der Waals surface area contributed by atoms with Crippen molar-refractivity contribution >= 4 is 55.7 Å². The molecule has 1 fully saturated rings. The second-order valence-corrected chi connectivity index (χ2v) is 9.80. The molecule has 0 radical (unpaired) electrons. The van der Waals surface area contributed by atoms with Gasteiger partial charge >= 0.3 is 0 Å². The zero-order chi connectivity index (χ0) is 23.5. The lowest BCUT2D eigenvalue weighted by Crippen LogP contribution is -2.27. The number of halogens is 1. The quantitative estimate of drug-likeness (QED) is 0.244. The molecule has 1 heterocycles. The fourth-order valence-electron chi connectivity index (χ4n) is 3.83. The molecule has 0 unspecified atom stereocenters. The molecule has 0 bridgehead atoms. The van der Waals surface area contributed by atoms with Crippen molar-refractivity contribution in [2.24, 2.45) is 0 Å². The average Bonchev–Trinajstić information content (AvgIpc) is 3.11. The third-order valence-electron chi connectivity index (χ3n) is 5.56. The summed E-state index contributed by atoms with van der Waals surface area (Å²) in [5.41, 5.74) is 2.82. The van der Waals surface area contributed by atoms with E-state index in [4.69, 9.17) is 4.74 Å². The molecule has 4 aromatic carbocycles. The number of hydrogen-bond donors (Lipinski definition) is 0. The van der Waals surface area contributed by atoms with E-state index < -0.39 is 0 Å². The lowest BCUT2D eigenvalue weighted by atomic mass is 10.1. The number of rotatable bonds is 6. The van der Waals surface area contributed by atoms with Gasteiger partial charge in [0.2, 0.25) is 0 Å². The monoisotopic (exact) mass is 529 g/mol. The molecule has 2 amide bonds. The van der Waals surface area contributed by atoms with Gasteiger partial charge < -0.3 is 4.74 Å².